The van der Waals surface area contributed by atoms with Crippen molar-refractivity contribution in [2.24, 2.45) is 0 Å². The summed E-state index contributed by atoms with van der Waals surface area (Å²) in [6.45, 7) is 7.23. The molecule has 17 heavy (non-hydrogen) atoms. The first-order valence-corrected chi connectivity index (χ1v) is 5.64. The number of benzene rings is 1. The number of hydrogen-bond donors (Lipinski definition) is 1. The van der Waals surface area contributed by atoms with Crippen LogP contribution in [-0.2, 0) is 16.1 Å². The van der Waals surface area contributed by atoms with Crippen LogP contribution in [0.5, 0.6) is 0 Å². The Bertz CT molecular complexity index is 361. The second kappa shape index (κ2) is 5.98. The van der Waals surface area contributed by atoms with Crippen LogP contribution in [0.1, 0.15) is 26.3 Å². The molecule has 0 aliphatic carbocycles. The molecule has 1 rings (SSSR count). The highest BCUT2D eigenvalue weighted by Gasteiger charge is 2.09. The highest BCUT2D eigenvalue weighted by atomic mass is 19.1. The van der Waals surface area contributed by atoms with Crippen molar-refractivity contribution in [2.75, 3.05) is 18.9 Å². The van der Waals surface area contributed by atoms with Gasteiger partial charge in [0.05, 0.1) is 25.4 Å². The maximum Gasteiger partial charge on any atom is 0.123 e. The van der Waals surface area contributed by atoms with Crippen molar-refractivity contribution in [3.05, 3.63) is 29.6 Å². The molecule has 4 heteroatoms. The first kappa shape index (κ1) is 13.9. The standard InChI is InChI=1S/C13H20FNO2/c1-13(2,3)17-7-6-16-9-10-8-11(14)4-5-12(10)15/h4-5,8H,6-7,9,15H2,1-3H3. The van der Waals surface area contributed by atoms with E-state index >= 15 is 0 Å². The summed E-state index contributed by atoms with van der Waals surface area (Å²) in [5.41, 5.74) is 6.74. The summed E-state index contributed by atoms with van der Waals surface area (Å²) in [6, 6.07) is 4.27. The van der Waals surface area contributed by atoms with Crippen molar-refractivity contribution in [3.8, 4) is 0 Å². The van der Waals surface area contributed by atoms with E-state index in [0.29, 0.717) is 31.1 Å². The van der Waals surface area contributed by atoms with Crippen molar-refractivity contribution in [3.63, 3.8) is 0 Å². The average Bonchev–Trinajstić information content (AvgIpc) is 2.21. The van der Waals surface area contributed by atoms with E-state index < -0.39 is 0 Å². The van der Waals surface area contributed by atoms with Crippen molar-refractivity contribution >= 4 is 5.69 Å². The Balaban J connectivity index is 2.29. The molecule has 2 N–H and O–H groups in total. The predicted octanol–water partition coefficient (Wildman–Crippen LogP) is 2.74. The molecule has 0 unspecified atom stereocenters. The lowest BCUT2D eigenvalue weighted by Crippen LogP contribution is -2.21. The van der Waals surface area contributed by atoms with Gasteiger partial charge in [-0.25, -0.2) is 4.39 Å². The van der Waals surface area contributed by atoms with E-state index in [1.807, 2.05) is 20.8 Å². The number of nitrogen functional groups attached to an aromatic ring is 1. The lowest BCUT2D eigenvalue weighted by atomic mass is 10.2. The Labute approximate surface area is 102 Å². The number of halogens is 1. The first-order chi connectivity index (χ1) is 7.88. The molecular formula is C13H20FNO2. The summed E-state index contributed by atoms with van der Waals surface area (Å²) >= 11 is 0. The molecule has 0 amide bonds. The van der Waals surface area contributed by atoms with Crippen LogP contribution in [0.25, 0.3) is 0 Å². The molecule has 0 bridgehead atoms. The summed E-state index contributed by atoms with van der Waals surface area (Å²) in [7, 11) is 0. The van der Waals surface area contributed by atoms with Crippen LogP contribution in [0.2, 0.25) is 0 Å². The second-order valence-corrected chi connectivity index (χ2v) is 4.86. The molecule has 0 aliphatic heterocycles. The SMILES string of the molecule is CC(C)(C)OCCOCc1cc(F)ccc1N. The van der Waals surface area contributed by atoms with Gasteiger partial charge in [0.15, 0.2) is 0 Å². The zero-order valence-electron chi connectivity index (χ0n) is 10.6. The van der Waals surface area contributed by atoms with Gasteiger partial charge in [-0.2, -0.15) is 0 Å². The molecule has 0 saturated heterocycles. The molecule has 0 radical (unpaired) electrons. The number of anilines is 1. The van der Waals surface area contributed by atoms with Crippen molar-refractivity contribution < 1.29 is 13.9 Å². The van der Waals surface area contributed by atoms with E-state index in [9.17, 15) is 4.39 Å². The fourth-order valence-electron chi connectivity index (χ4n) is 1.29. The monoisotopic (exact) mass is 241 g/mol. The summed E-state index contributed by atoms with van der Waals surface area (Å²) < 4.78 is 23.8. The van der Waals surface area contributed by atoms with E-state index in [2.05, 4.69) is 0 Å². The maximum atomic E-state index is 12.9. The van der Waals surface area contributed by atoms with E-state index in [1.165, 1.54) is 12.1 Å². The van der Waals surface area contributed by atoms with Crippen molar-refractivity contribution in [2.45, 2.75) is 33.0 Å². The minimum Gasteiger partial charge on any atom is -0.398 e. The molecule has 1 aromatic rings. The number of nitrogens with two attached hydrogens (primary N) is 1. The minimum atomic E-state index is -0.302. The number of rotatable bonds is 5. The minimum absolute atomic E-state index is 0.165. The van der Waals surface area contributed by atoms with E-state index in [1.54, 1.807) is 6.07 Å². The van der Waals surface area contributed by atoms with Crippen molar-refractivity contribution in [1.82, 2.24) is 0 Å². The Morgan fingerprint density at radius 3 is 2.59 bits per heavy atom. The molecule has 1 aromatic carbocycles. The topological polar surface area (TPSA) is 44.5 Å². The zero-order valence-corrected chi connectivity index (χ0v) is 10.6. The predicted molar refractivity (Wildman–Crippen MR) is 66.2 cm³/mol. The van der Waals surface area contributed by atoms with Gasteiger partial charge in [0.1, 0.15) is 5.82 Å². The van der Waals surface area contributed by atoms with Crippen LogP contribution < -0.4 is 5.73 Å². The Hall–Kier alpha value is -1.13. The largest absolute Gasteiger partial charge is 0.398 e. The third-order valence-corrected chi connectivity index (χ3v) is 2.13. The van der Waals surface area contributed by atoms with E-state index in [0.717, 1.165) is 0 Å². The summed E-state index contributed by atoms with van der Waals surface area (Å²) in [4.78, 5) is 0. The van der Waals surface area contributed by atoms with Crippen LogP contribution in [0.15, 0.2) is 18.2 Å². The number of hydrogen-bond acceptors (Lipinski definition) is 3. The molecule has 0 atom stereocenters. The summed E-state index contributed by atoms with van der Waals surface area (Å²) in [6.07, 6.45) is 0. The Morgan fingerprint density at radius 1 is 1.24 bits per heavy atom. The first-order valence-electron chi connectivity index (χ1n) is 5.64. The van der Waals surface area contributed by atoms with Gasteiger partial charge in [-0.05, 0) is 39.0 Å². The molecular weight excluding hydrogens is 221 g/mol. The Morgan fingerprint density at radius 2 is 1.94 bits per heavy atom. The van der Waals surface area contributed by atoms with Crippen LogP contribution in [0.3, 0.4) is 0 Å². The van der Waals surface area contributed by atoms with E-state index in [4.69, 9.17) is 15.2 Å². The average molecular weight is 241 g/mol. The fraction of sp³-hybridized carbons (Fsp3) is 0.538. The molecule has 3 nitrogen and oxygen atoms in total. The van der Waals surface area contributed by atoms with Gasteiger partial charge in [0, 0.05) is 11.3 Å². The van der Waals surface area contributed by atoms with Gasteiger partial charge in [-0.3, -0.25) is 0 Å². The third-order valence-electron chi connectivity index (χ3n) is 2.13. The zero-order chi connectivity index (χ0) is 12.9. The molecule has 0 spiro atoms. The number of ether oxygens (including phenoxy) is 2. The summed E-state index contributed by atoms with van der Waals surface area (Å²) in [5.74, 6) is -0.302. The normalized spacial score (nSPS) is 11.8. The molecule has 0 aromatic heterocycles. The second-order valence-electron chi connectivity index (χ2n) is 4.86. The van der Waals surface area contributed by atoms with Crippen LogP contribution in [0.4, 0.5) is 10.1 Å². The molecule has 0 saturated carbocycles. The van der Waals surface area contributed by atoms with Gasteiger partial charge in [-0.1, -0.05) is 0 Å². The van der Waals surface area contributed by atoms with Gasteiger partial charge in [0.2, 0.25) is 0 Å². The Kier molecular flexibility index (Phi) is 4.90. The molecule has 0 fully saturated rings. The van der Waals surface area contributed by atoms with Crippen molar-refractivity contribution in [1.29, 1.82) is 0 Å². The summed E-state index contributed by atoms with van der Waals surface area (Å²) in [5, 5.41) is 0. The molecule has 96 valence electrons. The van der Waals surface area contributed by atoms with Crippen LogP contribution in [0, 0.1) is 5.82 Å². The highest BCUT2D eigenvalue weighted by molar-refractivity contribution is 5.46. The van der Waals surface area contributed by atoms with Crippen LogP contribution in [-0.4, -0.2) is 18.8 Å². The van der Waals surface area contributed by atoms with E-state index in [-0.39, 0.29) is 11.4 Å². The third kappa shape index (κ3) is 5.65. The van der Waals surface area contributed by atoms with Gasteiger partial charge in [0.25, 0.3) is 0 Å². The maximum absolute atomic E-state index is 12.9. The van der Waals surface area contributed by atoms with Crippen LogP contribution >= 0.6 is 0 Å². The smallest absolute Gasteiger partial charge is 0.123 e. The quantitative estimate of drug-likeness (QED) is 0.636. The molecule has 0 aliphatic rings. The lowest BCUT2D eigenvalue weighted by Gasteiger charge is -2.19. The van der Waals surface area contributed by atoms with Gasteiger partial charge in [-0.15, -0.1) is 0 Å². The van der Waals surface area contributed by atoms with Gasteiger partial charge < -0.3 is 15.2 Å². The fourth-order valence-corrected chi connectivity index (χ4v) is 1.29. The highest BCUT2D eigenvalue weighted by Crippen LogP contribution is 2.14. The lowest BCUT2D eigenvalue weighted by molar-refractivity contribution is -0.0376. The molecule has 0 heterocycles. The van der Waals surface area contributed by atoms with Gasteiger partial charge >= 0.3 is 0 Å².